The fraction of sp³-hybridized carbons (Fsp3) is 0.111. The molecular formula is C9H9N3S. The van der Waals surface area contributed by atoms with Crippen LogP contribution < -0.4 is 5.73 Å². The second-order valence-electron chi connectivity index (χ2n) is 2.72. The van der Waals surface area contributed by atoms with Crippen molar-refractivity contribution < 1.29 is 0 Å². The summed E-state index contributed by atoms with van der Waals surface area (Å²) in [7, 11) is 0. The van der Waals surface area contributed by atoms with Crippen LogP contribution in [-0.2, 0) is 6.42 Å². The zero-order valence-corrected chi connectivity index (χ0v) is 7.79. The maximum absolute atomic E-state index is 5.57. The third-order valence-electron chi connectivity index (χ3n) is 1.67. The second kappa shape index (κ2) is 3.53. The molecular weight excluding hydrogens is 182 g/mol. The Balaban J connectivity index is 2.15. The average Bonchev–Trinajstić information content (AvgIpc) is 2.53. The molecule has 0 aromatic carbocycles. The third-order valence-corrected chi connectivity index (χ3v) is 2.32. The van der Waals surface area contributed by atoms with Crippen LogP contribution in [0.1, 0.15) is 11.4 Å². The number of anilines is 1. The number of pyridine rings is 1. The van der Waals surface area contributed by atoms with Crippen LogP contribution in [0.4, 0.5) is 5.00 Å². The monoisotopic (exact) mass is 191 g/mol. The highest BCUT2D eigenvalue weighted by molar-refractivity contribution is 7.10. The Hall–Kier alpha value is -1.42. The van der Waals surface area contributed by atoms with Crippen molar-refractivity contribution in [1.29, 1.82) is 0 Å². The van der Waals surface area contributed by atoms with E-state index in [1.165, 1.54) is 11.5 Å². The zero-order chi connectivity index (χ0) is 9.10. The molecule has 4 heteroatoms. The molecule has 0 spiro atoms. The lowest BCUT2D eigenvalue weighted by Gasteiger charge is -1.94. The molecule has 2 rings (SSSR count). The first kappa shape index (κ1) is 8.19. The maximum Gasteiger partial charge on any atom is 0.107 e. The standard InChI is InChI=1S/C9H9N3S/c10-9-6-8(12-13-9)5-7-3-1-2-4-11-7/h1-4,6H,5,10H2. The Morgan fingerprint density at radius 1 is 1.31 bits per heavy atom. The van der Waals surface area contributed by atoms with E-state index in [1.54, 1.807) is 6.20 Å². The first-order chi connectivity index (χ1) is 6.34. The summed E-state index contributed by atoms with van der Waals surface area (Å²) in [6, 6.07) is 7.74. The van der Waals surface area contributed by atoms with Gasteiger partial charge in [0.1, 0.15) is 5.00 Å². The Morgan fingerprint density at radius 2 is 2.23 bits per heavy atom. The molecule has 0 radical (unpaired) electrons. The van der Waals surface area contributed by atoms with Crippen LogP contribution in [0.15, 0.2) is 30.5 Å². The van der Waals surface area contributed by atoms with Crippen molar-refractivity contribution >= 4 is 16.5 Å². The van der Waals surface area contributed by atoms with E-state index in [-0.39, 0.29) is 0 Å². The molecule has 2 heterocycles. The summed E-state index contributed by atoms with van der Waals surface area (Å²) in [5, 5.41) is 0.755. The van der Waals surface area contributed by atoms with E-state index in [0.717, 1.165) is 22.8 Å². The van der Waals surface area contributed by atoms with Crippen molar-refractivity contribution in [3.8, 4) is 0 Å². The summed E-state index contributed by atoms with van der Waals surface area (Å²) in [6.07, 6.45) is 2.54. The molecule has 2 aromatic heterocycles. The van der Waals surface area contributed by atoms with E-state index in [4.69, 9.17) is 5.73 Å². The lowest BCUT2D eigenvalue weighted by molar-refractivity contribution is 1.04. The summed E-state index contributed by atoms with van der Waals surface area (Å²) in [5.74, 6) is 0. The van der Waals surface area contributed by atoms with Crippen molar-refractivity contribution in [2.45, 2.75) is 6.42 Å². The minimum absolute atomic E-state index is 0.755. The van der Waals surface area contributed by atoms with E-state index < -0.39 is 0 Å². The first-order valence-electron chi connectivity index (χ1n) is 3.95. The highest BCUT2D eigenvalue weighted by Gasteiger charge is 2.00. The minimum Gasteiger partial charge on any atom is -0.389 e. The van der Waals surface area contributed by atoms with Gasteiger partial charge in [0, 0.05) is 18.3 Å². The van der Waals surface area contributed by atoms with Gasteiger partial charge in [0.05, 0.1) is 5.69 Å². The zero-order valence-electron chi connectivity index (χ0n) is 6.97. The van der Waals surface area contributed by atoms with Gasteiger partial charge in [-0.1, -0.05) is 6.07 Å². The molecule has 0 unspecified atom stereocenters. The fourth-order valence-corrected chi connectivity index (χ4v) is 1.63. The molecule has 0 aliphatic rings. The predicted molar refractivity (Wildman–Crippen MR) is 53.6 cm³/mol. The average molecular weight is 191 g/mol. The maximum atomic E-state index is 5.57. The largest absolute Gasteiger partial charge is 0.389 e. The predicted octanol–water partition coefficient (Wildman–Crippen LogP) is 1.71. The molecule has 0 aliphatic heterocycles. The molecule has 0 fully saturated rings. The van der Waals surface area contributed by atoms with Gasteiger partial charge in [-0.3, -0.25) is 4.98 Å². The topological polar surface area (TPSA) is 51.8 Å². The molecule has 0 saturated carbocycles. The number of hydrogen-bond acceptors (Lipinski definition) is 4. The van der Waals surface area contributed by atoms with Crippen molar-refractivity contribution in [2.24, 2.45) is 0 Å². The lowest BCUT2D eigenvalue weighted by atomic mass is 10.2. The van der Waals surface area contributed by atoms with Crippen molar-refractivity contribution in [1.82, 2.24) is 9.36 Å². The van der Waals surface area contributed by atoms with Gasteiger partial charge in [-0.25, -0.2) is 0 Å². The van der Waals surface area contributed by atoms with E-state index in [9.17, 15) is 0 Å². The van der Waals surface area contributed by atoms with E-state index in [0.29, 0.717) is 0 Å². The SMILES string of the molecule is Nc1cc(Cc2ccccn2)ns1. The first-order valence-corrected chi connectivity index (χ1v) is 4.73. The molecule has 3 nitrogen and oxygen atoms in total. The Kier molecular flexibility index (Phi) is 2.23. The smallest absolute Gasteiger partial charge is 0.107 e. The highest BCUT2D eigenvalue weighted by Crippen LogP contribution is 2.13. The van der Waals surface area contributed by atoms with Crippen LogP contribution in [-0.4, -0.2) is 9.36 Å². The molecule has 0 amide bonds. The quantitative estimate of drug-likeness (QED) is 0.786. The van der Waals surface area contributed by atoms with E-state index >= 15 is 0 Å². The normalized spacial score (nSPS) is 10.2. The number of rotatable bonds is 2. The van der Waals surface area contributed by atoms with Gasteiger partial charge in [-0.15, -0.1) is 0 Å². The minimum atomic E-state index is 0.755. The van der Waals surface area contributed by atoms with Crippen LogP contribution in [0.3, 0.4) is 0 Å². The molecule has 0 bridgehead atoms. The van der Waals surface area contributed by atoms with Gasteiger partial charge in [-0.05, 0) is 29.7 Å². The van der Waals surface area contributed by atoms with E-state index in [1.807, 2.05) is 24.3 Å². The summed E-state index contributed by atoms with van der Waals surface area (Å²) >= 11 is 1.32. The number of nitrogen functional groups attached to an aromatic ring is 1. The summed E-state index contributed by atoms with van der Waals surface area (Å²) in [5.41, 5.74) is 7.58. The molecule has 66 valence electrons. The van der Waals surface area contributed by atoms with Gasteiger partial charge in [0.15, 0.2) is 0 Å². The van der Waals surface area contributed by atoms with Gasteiger partial charge < -0.3 is 5.73 Å². The van der Waals surface area contributed by atoms with Gasteiger partial charge in [0.2, 0.25) is 0 Å². The van der Waals surface area contributed by atoms with E-state index in [2.05, 4.69) is 9.36 Å². The molecule has 0 atom stereocenters. The van der Waals surface area contributed by atoms with Gasteiger partial charge in [0.25, 0.3) is 0 Å². The van der Waals surface area contributed by atoms with Crippen molar-refractivity contribution in [3.05, 3.63) is 41.9 Å². The molecule has 0 aliphatic carbocycles. The molecule has 2 aromatic rings. The molecule has 13 heavy (non-hydrogen) atoms. The van der Waals surface area contributed by atoms with Crippen LogP contribution in [0.25, 0.3) is 0 Å². The van der Waals surface area contributed by atoms with Crippen LogP contribution in [0.5, 0.6) is 0 Å². The number of aromatic nitrogens is 2. The van der Waals surface area contributed by atoms with Crippen LogP contribution >= 0.6 is 11.5 Å². The number of nitrogens with zero attached hydrogens (tertiary/aromatic N) is 2. The van der Waals surface area contributed by atoms with Gasteiger partial charge in [-0.2, -0.15) is 4.37 Å². The molecule has 0 saturated heterocycles. The summed E-state index contributed by atoms with van der Waals surface area (Å²) < 4.78 is 4.19. The lowest BCUT2D eigenvalue weighted by Crippen LogP contribution is -1.90. The number of nitrogens with two attached hydrogens (primary N) is 1. The highest BCUT2D eigenvalue weighted by atomic mass is 32.1. The third kappa shape index (κ3) is 2.03. The Bertz CT molecular complexity index is 383. The molecule has 2 N–H and O–H groups in total. The van der Waals surface area contributed by atoms with Crippen LogP contribution in [0.2, 0.25) is 0 Å². The summed E-state index contributed by atoms with van der Waals surface area (Å²) in [4.78, 5) is 4.21. The Labute approximate surface area is 80.4 Å². The fourth-order valence-electron chi connectivity index (χ4n) is 1.10. The van der Waals surface area contributed by atoms with Crippen molar-refractivity contribution in [3.63, 3.8) is 0 Å². The van der Waals surface area contributed by atoms with Gasteiger partial charge >= 0.3 is 0 Å². The second-order valence-corrected chi connectivity index (χ2v) is 3.56. The van der Waals surface area contributed by atoms with Crippen molar-refractivity contribution in [2.75, 3.05) is 5.73 Å². The van der Waals surface area contributed by atoms with Crippen LogP contribution in [0, 0.1) is 0 Å². The number of hydrogen-bond donors (Lipinski definition) is 1. The summed E-state index contributed by atoms with van der Waals surface area (Å²) in [6.45, 7) is 0. The Morgan fingerprint density at radius 3 is 2.85 bits per heavy atom.